The fourth-order valence-corrected chi connectivity index (χ4v) is 7.02. The first-order valence-electron chi connectivity index (χ1n) is 7.66. The average molecular weight is 360 g/mol. The smallest absolute Gasteiger partial charge is 0.353 e. The lowest BCUT2D eigenvalue weighted by Crippen LogP contribution is -2.71. The monoisotopic (exact) mass is 359 g/mol. The van der Waals surface area contributed by atoms with Crippen molar-refractivity contribution < 1.29 is 24.2 Å². The van der Waals surface area contributed by atoms with E-state index < -0.39 is 17.5 Å². The molecule has 1 amide bonds. The fourth-order valence-electron chi connectivity index (χ4n) is 4.25. The first-order valence-corrected chi connectivity index (χ1v) is 9.36. The molecule has 2 aliphatic heterocycles. The van der Waals surface area contributed by atoms with E-state index in [9.17, 15) is 19.8 Å². The van der Waals surface area contributed by atoms with E-state index in [1.807, 2.05) is 13.8 Å². The maximum Gasteiger partial charge on any atom is 0.353 e. The predicted octanol–water partition coefficient (Wildman–Crippen LogP) is 0.544. The molecule has 0 radical (unpaired) electrons. The first kappa shape index (κ1) is 18.5. The summed E-state index contributed by atoms with van der Waals surface area (Å²) in [5.74, 6) is -1.71. The Kier molecular flexibility index (Phi) is 4.75. The maximum absolute atomic E-state index is 12.8. The fraction of sp³-hybridized carbons (Fsp3) is 0.733. The zero-order valence-electron chi connectivity index (χ0n) is 14.4. The van der Waals surface area contributed by atoms with Gasteiger partial charge in [-0.3, -0.25) is 9.69 Å². The third kappa shape index (κ3) is 2.38. The normalized spacial score (nSPS) is 27.3. The number of hydrogen-bond acceptors (Lipinski definition) is 5. The zero-order valence-corrected chi connectivity index (χ0v) is 17.2. The number of aliphatic hydroxyl groups is 1. The van der Waals surface area contributed by atoms with Gasteiger partial charge in [0.1, 0.15) is 21.6 Å². The summed E-state index contributed by atoms with van der Waals surface area (Å²) in [5, 5.41) is 18.5. The molecule has 1 saturated heterocycles. The van der Waals surface area contributed by atoms with E-state index in [1.165, 1.54) is 16.7 Å². The quantitative estimate of drug-likeness (QED) is 0.550. The van der Waals surface area contributed by atoms with Gasteiger partial charge in [-0.05, 0) is 11.3 Å². The van der Waals surface area contributed by atoms with Gasteiger partial charge in [0, 0.05) is 4.91 Å². The Hall–Kier alpha value is -0.833. The van der Waals surface area contributed by atoms with Crippen molar-refractivity contribution in [3.05, 3.63) is 10.6 Å². The minimum absolute atomic E-state index is 0.0799. The first-order chi connectivity index (χ1) is 10.5. The van der Waals surface area contributed by atoms with Crippen molar-refractivity contribution in [2.24, 2.45) is 17.3 Å². The molecule has 1 fully saturated rings. The number of β-lactam (4-membered cyclic amide) rings is 1. The molecule has 0 saturated carbocycles. The summed E-state index contributed by atoms with van der Waals surface area (Å²) in [6.45, 7) is 9.87. The SMILES string of the molecule is CC(C)[C@@](O[SiH3])([C@H]1C(=O)N2C(C(=O)O)=C(CO)S[C@H]12)C(C)(C)C. The summed E-state index contributed by atoms with van der Waals surface area (Å²) in [6.07, 6.45) is 0. The van der Waals surface area contributed by atoms with E-state index in [0.29, 0.717) is 15.4 Å². The van der Waals surface area contributed by atoms with Gasteiger partial charge in [0.25, 0.3) is 0 Å². The molecule has 0 aromatic carbocycles. The van der Waals surface area contributed by atoms with E-state index in [2.05, 4.69) is 20.8 Å². The van der Waals surface area contributed by atoms with Crippen LogP contribution in [0.1, 0.15) is 34.6 Å². The van der Waals surface area contributed by atoms with Gasteiger partial charge in [0.2, 0.25) is 5.91 Å². The molecule has 3 atom stereocenters. The molecule has 6 nitrogen and oxygen atoms in total. The topological polar surface area (TPSA) is 87.1 Å². The third-order valence-electron chi connectivity index (χ3n) is 4.99. The number of rotatable bonds is 5. The molecule has 2 rings (SSSR count). The Morgan fingerprint density at radius 3 is 2.35 bits per heavy atom. The van der Waals surface area contributed by atoms with Crippen LogP contribution in [0.15, 0.2) is 10.6 Å². The van der Waals surface area contributed by atoms with Gasteiger partial charge in [-0.15, -0.1) is 0 Å². The van der Waals surface area contributed by atoms with Gasteiger partial charge in [-0.25, -0.2) is 4.79 Å². The van der Waals surface area contributed by atoms with E-state index in [1.54, 1.807) is 0 Å². The maximum atomic E-state index is 12.8. The second kappa shape index (κ2) is 5.91. The molecule has 0 bridgehead atoms. The number of nitrogens with zero attached hydrogens (tertiary/aromatic N) is 1. The van der Waals surface area contributed by atoms with Crippen LogP contribution in [0.25, 0.3) is 0 Å². The number of carbonyl (C=O) groups excluding carboxylic acids is 1. The molecule has 2 N–H and O–H groups in total. The van der Waals surface area contributed by atoms with E-state index in [4.69, 9.17) is 4.43 Å². The minimum atomic E-state index is -1.17. The van der Waals surface area contributed by atoms with Crippen molar-refractivity contribution >= 4 is 34.1 Å². The molecule has 8 heteroatoms. The molecule has 23 heavy (non-hydrogen) atoms. The lowest BCUT2D eigenvalue weighted by molar-refractivity contribution is -0.184. The number of amides is 1. The van der Waals surface area contributed by atoms with E-state index in [-0.39, 0.29) is 34.9 Å². The second-order valence-electron chi connectivity index (χ2n) is 7.33. The van der Waals surface area contributed by atoms with Crippen molar-refractivity contribution in [1.82, 2.24) is 4.90 Å². The Balaban J connectivity index is 2.46. The van der Waals surface area contributed by atoms with Crippen LogP contribution in [-0.2, 0) is 14.0 Å². The number of fused-ring (bicyclic) bond motifs is 1. The highest BCUT2D eigenvalue weighted by atomic mass is 32.2. The zero-order chi connectivity index (χ0) is 17.7. The van der Waals surface area contributed by atoms with Gasteiger partial charge in [0.15, 0.2) is 0 Å². The molecule has 0 aliphatic carbocycles. The lowest BCUT2D eigenvalue weighted by Gasteiger charge is -2.59. The molecular weight excluding hydrogens is 334 g/mol. The number of aliphatic hydroxyl groups excluding tert-OH is 1. The summed E-state index contributed by atoms with van der Waals surface area (Å²) in [7, 11) is 0.488. The van der Waals surface area contributed by atoms with Crippen molar-refractivity contribution in [1.29, 1.82) is 0 Å². The summed E-state index contributed by atoms with van der Waals surface area (Å²) >= 11 is 1.27. The Morgan fingerprint density at radius 1 is 1.43 bits per heavy atom. The Labute approximate surface area is 143 Å². The summed E-state index contributed by atoms with van der Waals surface area (Å²) in [4.78, 5) is 26.0. The Bertz CT molecular complexity index is 571. The lowest BCUT2D eigenvalue weighted by atomic mass is 9.60. The second-order valence-corrected chi connectivity index (χ2v) is 8.95. The van der Waals surface area contributed by atoms with Crippen LogP contribution >= 0.6 is 11.8 Å². The van der Waals surface area contributed by atoms with E-state index >= 15 is 0 Å². The average Bonchev–Trinajstić information content (AvgIpc) is 2.77. The van der Waals surface area contributed by atoms with Gasteiger partial charge in [0.05, 0.1) is 18.1 Å². The van der Waals surface area contributed by atoms with Crippen LogP contribution in [0.3, 0.4) is 0 Å². The molecule has 2 aliphatic rings. The standard InChI is InChI=1S/C15H25NO5SSi/c1-7(2)15(21-23,14(3,4)5)9-11(18)16-10(13(19)20)8(6-17)22-12(9)16/h7,9,12,17H,6H2,1-5,23H3,(H,19,20)/t9-,12+,15+/m0/s1. The number of carbonyl (C=O) groups is 2. The number of carboxylic acids is 1. The number of aliphatic carboxylic acids is 1. The van der Waals surface area contributed by atoms with Gasteiger partial charge >= 0.3 is 5.97 Å². The minimum Gasteiger partial charge on any atom is -0.477 e. The van der Waals surface area contributed by atoms with Gasteiger partial charge < -0.3 is 14.6 Å². The van der Waals surface area contributed by atoms with Gasteiger partial charge in [-0.1, -0.05) is 46.4 Å². The van der Waals surface area contributed by atoms with Crippen LogP contribution in [0.4, 0.5) is 0 Å². The molecule has 0 spiro atoms. The molecule has 130 valence electrons. The van der Waals surface area contributed by atoms with Crippen molar-refractivity contribution in [2.45, 2.75) is 45.6 Å². The van der Waals surface area contributed by atoms with Crippen LogP contribution in [-0.4, -0.2) is 55.1 Å². The highest BCUT2D eigenvalue weighted by Crippen LogP contribution is 2.58. The predicted molar refractivity (Wildman–Crippen MR) is 91.5 cm³/mol. The number of carboxylic acid groups (broad SMARTS) is 1. The van der Waals surface area contributed by atoms with E-state index in [0.717, 1.165) is 0 Å². The van der Waals surface area contributed by atoms with Crippen LogP contribution in [0.2, 0.25) is 0 Å². The molecular formula is C15H25NO5SSi. The Morgan fingerprint density at radius 2 is 2.00 bits per heavy atom. The molecule has 0 aromatic rings. The van der Waals surface area contributed by atoms with Gasteiger partial charge in [-0.2, -0.15) is 0 Å². The van der Waals surface area contributed by atoms with Crippen molar-refractivity contribution in [3.8, 4) is 0 Å². The molecule has 0 aromatic heterocycles. The molecule has 0 unspecified atom stereocenters. The molecule has 2 heterocycles. The van der Waals surface area contributed by atoms with Crippen LogP contribution in [0.5, 0.6) is 0 Å². The largest absolute Gasteiger partial charge is 0.477 e. The van der Waals surface area contributed by atoms with Crippen LogP contribution < -0.4 is 0 Å². The number of thioether (sulfide) groups is 1. The summed E-state index contributed by atoms with van der Waals surface area (Å²) < 4.78 is 6.06. The highest BCUT2D eigenvalue weighted by molar-refractivity contribution is 8.04. The third-order valence-corrected chi connectivity index (χ3v) is 6.99. The van der Waals surface area contributed by atoms with Crippen molar-refractivity contribution in [3.63, 3.8) is 0 Å². The van der Waals surface area contributed by atoms with Crippen LogP contribution in [0, 0.1) is 17.3 Å². The highest BCUT2D eigenvalue weighted by Gasteiger charge is 2.67. The number of hydrogen-bond donors (Lipinski definition) is 2. The summed E-state index contributed by atoms with van der Waals surface area (Å²) in [6, 6.07) is 0. The summed E-state index contributed by atoms with van der Waals surface area (Å²) in [5.41, 5.74) is -1.01. The van der Waals surface area contributed by atoms with Crippen molar-refractivity contribution in [2.75, 3.05) is 6.61 Å².